The maximum absolute atomic E-state index is 12.2. The molecule has 1 aliphatic heterocycles. The molecule has 22 heavy (non-hydrogen) atoms. The fraction of sp³-hybridized carbons (Fsp3) is 0.562. The van der Waals surface area contributed by atoms with Crippen LogP contribution in [0.4, 0.5) is 0 Å². The molecular formula is C16H23N5O. The predicted octanol–water partition coefficient (Wildman–Crippen LogP) is 1.87. The van der Waals surface area contributed by atoms with E-state index < -0.39 is 0 Å². The van der Waals surface area contributed by atoms with Gasteiger partial charge in [0.2, 0.25) is 5.91 Å². The van der Waals surface area contributed by atoms with Crippen molar-refractivity contribution in [2.75, 3.05) is 13.1 Å². The van der Waals surface area contributed by atoms with Gasteiger partial charge in [-0.15, -0.1) is 0 Å². The van der Waals surface area contributed by atoms with E-state index in [0.29, 0.717) is 12.3 Å². The van der Waals surface area contributed by atoms with Crippen LogP contribution in [-0.2, 0) is 17.8 Å². The number of aryl methyl sites for hydroxylation is 2. The van der Waals surface area contributed by atoms with Crippen molar-refractivity contribution in [3.05, 3.63) is 36.4 Å². The number of rotatable bonds is 6. The summed E-state index contributed by atoms with van der Waals surface area (Å²) in [6.45, 7) is 2.77. The second-order valence-corrected chi connectivity index (χ2v) is 5.99. The van der Waals surface area contributed by atoms with Gasteiger partial charge in [-0.05, 0) is 43.2 Å². The van der Waals surface area contributed by atoms with E-state index in [0.717, 1.165) is 50.9 Å². The highest BCUT2D eigenvalue weighted by Gasteiger charge is 2.22. The van der Waals surface area contributed by atoms with Gasteiger partial charge in [0.1, 0.15) is 0 Å². The number of carbonyl (C=O) groups excluding carboxylic acids is 1. The number of hydrogen-bond donors (Lipinski definition) is 1. The van der Waals surface area contributed by atoms with E-state index in [9.17, 15) is 4.79 Å². The Morgan fingerprint density at radius 3 is 2.91 bits per heavy atom. The Hall–Kier alpha value is -2.11. The van der Waals surface area contributed by atoms with Crippen molar-refractivity contribution in [2.45, 2.75) is 38.6 Å². The monoisotopic (exact) mass is 301 g/mol. The summed E-state index contributed by atoms with van der Waals surface area (Å²) in [4.78, 5) is 14.2. The molecule has 0 aliphatic carbocycles. The van der Waals surface area contributed by atoms with Crippen LogP contribution in [0, 0.1) is 5.92 Å². The molecule has 3 rings (SSSR count). The summed E-state index contributed by atoms with van der Waals surface area (Å²) in [5.41, 5.74) is 1.10. The minimum atomic E-state index is 0.270. The molecule has 2 aromatic rings. The van der Waals surface area contributed by atoms with Crippen molar-refractivity contribution in [1.29, 1.82) is 0 Å². The maximum Gasteiger partial charge on any atom is 0.222 e. The smallest absolute Gasteiger partial charge is 0.222 e. The average molecular weight is 301 g/mol. The molecule has 6 nitrogen and oxygen atoms in total. The molecule has 1 amide bonds. The molecule has 6 heteroatoms. The number of piperidine rings is 1. The third-order valence-electron chi connectivity index (χ3n) is 4.48. The lowest BCUT2D eigenvalue weighted by atomic mass is 9.93. The van der Waals surface area contributed by atoms with Crippen LogP contribution in [0.5, 0.6) is 0 Å². The molecule has 0 radical (unpaired) electrons. The Bertz CT molecular complexity index is 555. The molecular weight excluding hydrogens is 278 g/mol. The first-order valence-electron chi connectivity index (χ1n) is 8.04. The fourth-order valence-corrected chi connectivity index (χ4v) is 3.04. The van der Waals surface area contributed by atoms with Gasteiger partial charge in [0.15, 0.2) is 0 Å². The summed E-state index contributed by atoms with van der Waals surface area (Å²) in [5.74, 6) is 0.980. The number of amides is 1. The van der Waals surface area contributed by atoms with Gasteiger partial charge in [0.25, 0.3) is 0 Å². The normalized spacial score (nSPS) is 16.1. The second kappa shape index (κ2) is 7.24. The number of nitrogens with zero attached hydrogens (tertiary/aromatic N) is 4. The van der Waals surface area contributed by atoms with Crippen molar-refractivity contribution < 1.29 is 4.79 Å². The molecule has 0 aromatic carbocycles. The van der Waals surface area contributed by atoms with Gasteiger partial charge >= 0.3 is 0 Å². The lowest BCUT2D eigenvalue weighted by molar-refractivity contribution is -0.132. The standard InChI is InChI=1S/C16H23N5O/c22-16(3-2-15-12-17-18-13-15)20-9-4-14(5-10-20)6-11-21-8-1-7-19-21/h1,7-8,12-14H,2-6,9-11H2,(H,17,18). The zero-order valence-electron chi connectivity index (χ0n) is 12.8. The Labute approximate surface area is 130 Å². The number of likely N-dealkylation sites (tertiary alicyclic amines) is 1. The van der Waals surface area contributed by atoms with Crippen LogP contribution in [-0.4, -0.2) is 43.9 Å². The molecule has 2 aromatic heterocycles. The van der Waals surface area contributed by atoms with Crippen LogP contribution in [0.2, 0.25) is 0 Å². The number of aromatic amines is 1. The van der Waals surface area contributed by atoms with Gasteiger partial charge in [-0.2, -0.15) is 10.2 Å². The minimum absolute atomic E-state index is 0.270. The van der Waals surface area contributed by atoms with E-state index in [-0.39, 0.29) is 5.91 Å². The first-order valence-corrected chi connectivity index (χ1v) is 8.04. The van der Waals surface area contributed by atoms with E-state index in [4.69, 9.17) is 0 Å². The molecule has 0 bridgehead atoms. The Morgan fingerprint density at radius 2 is 2.23 bits per heavy atom. The van der Waals surface area contributed by atoms with Gasteiger partial charge in [-0.25, -0.2) is 0 Å². The first kappa shape index (κ1) is 14.8. The van der Waals surface area contributed by atoms with E-state index in [2.05, 4.69) is 15.3 Å². The number of hydrogen-bond acceptors (Lipinski definition) is 3. The van der Waals surface area contributed by atoms with Crippen LogP contribution < -0.4 is 0 Å². The van der Waals surface area contributed by atoms with E-state index >= 15 is 0 Å². The summed E-state index contributed by atoms with van der Waals surface area (Å²) in [6.07, 6.45) is 12.2. The van der Waals surface area contributed by atoms with E-state index in [1.807, 2.05) is 34.2 Å². The van der Waals surface area contributed by atoms with Crippen LogP contribution in [0.15, 0.2) is 30.9 Å². The second-order valence-electron chi connectivity index (χ2n) is 5.99. The van der Waals surface area contributed by atoms with E-state index in [1.54, 1.807) is 6.20 Å². The number of carbonyl (C=O) groups is 1. The van der Waals surface area contributed by atoms with Crippen molar-refractivity contribution in [2.24, 2.45) is 5.92 Å². The van der Waals surface area contributed by atoms with Gasteiger partial charge in [0.05, 0.1) is 6.20 Å². The molecule has 1 saturated heterocycles. The quantitative estimate of drug-likeness (QED) is 0.885. The minimum Gasteiger partial charge on any atom is -0.343 e. The van der Waals surface area contributed by atoms with Crippen LogP contribution >= 0.6 is 0 Å². The van der Waals surface area contributed by atoms with Crippen molar-refractivity contribution >= 4 is 5.91 Å². The Balaban J connectivity index is 1.36. The highest BCUT2D eigenvalue weighted by atomic mass is 16.2. The number of nitrogens with one attached hydrogen (secondary N) is 1. The van der Waals surface area contributed by atoms with Gasteiger partial charge in [-0.1, -0.05) is 0 Å². The molecule has 0 unspecified atom stereocenters. The van der Waals surface area contributed by atoms with Crippen LogP contribution in [0.1, 0.15) is 31.2 Å². The topological polar surface area (TPSA) is 66.8 Å². The number of aromatic nitrogens is 4. The lowest BCUT2D eigenvalue weighted by Crippen LogP contribution is -2.38. The van der Waals surface area contributed by atoms with Crippen molar-refractivity contribution in [3.8, 4) is 0 Å². The zero-order valence-corrected chi connectivity index (χ0v) is 12.8. The highest BCUT2D eigenvalue weighted by Crippen LogP contribution is 2.21. The zero-order chi connectivity index (χ0) is 15.2. The molecule has 0 saturated carbocycles. The summed E-state index contributed by atoms with van der Waals surface area (Å²) in [7, 11) is 0. The number of H-pyrrole nitrogens is 1. The molecule has 0 spiro atoms. The van der Waals surface area contributed by atoms with Crippen molar-refractivity contribution in [1.82, 2.24) is 24.9 Å². The van der Waals surface area contributed by atoms with Crippen LogP contribution in [0.3, 0.4) is 0 Å². The predicted molar refractivity (Wildman–Crippen MR) is 83.1 cm³/mol. The summed E-state index contributed by atoms with van der Waals surface area (Å²) < 4.78 is 1.99. The third kappa shape index (κ3) is 3.96. The average Bonchev–Trinajstić information content (AvgIpc) is 3.24. The van der Waals surface area contributed by atoms with Gasteiger partial charge in [-0.3, -0.25) is 14.6 Å². The Kier molecular flexibility index (Phi) is 4.88. The molecule has 1 fully saturated rings. The van der Waals surface area contributed by atoms with Gasteiger partial charge < -0.3 is 4.90 Å². The van der Waals surface area contributed by atoms with Crippen molar-refractivity contribution in [3.63, 3.8) is 0 Å². The molecule has 3 heterocycles. The fourth-order valence-electron chi connectivity index (χ4n) is 3.04. The molecule has 0 atom stereocenters. The molecule has 1 aliphatic rings. The van der Waals surface area contributed by atoms with Gasteiger partial charge in [0, 0.05) is 44.6 Å². The Morgan fingerprint density at radius 1 is 1.36 bits per heavy atom. The van der Waals surface area contributed by atoms with Crippen LogP contribution in [0.25, 0.3) is 0 Å². The first-order chi connectivity index (χ1) is 10.8. The largest absolute Gasteiger partial charge is 0.343 e. The highest BCUT2D eigenvalue weighted by molar-refractivity contribution is 5.76. The molecule has 1 N–H and O–H groups in total. The SMILES string of the molecule is O=C(CCc1cn[nH]c1)N1CCC(CCn2cccn2)CC1. The summed E-state index contributed by atoms with van der Waals surface area (Å²) in [5, 5.41) is 10.9. The van der Waals surface area contributed by atoms with E-state index in [1.165, 1.54) is 0 Å². The summed E-state index contributed by atoms with van der Waals surface area (Å²) >= 11 is 0. The third-order valence-corrected chi connectivity index (χ3v) is 4.48. The maximum atomic E-state index is 12.2. The lowest BCUT2D eigenvalue weighted by Gasteiger charge is -2.32. The summed E-state index contributed by atoms with van der Waals surface area (Å²) in [6, 6.07) is 1.96. The molecule has 118 valence electrons.